The van der Waals surface area contributed by atoms with Crippen LogP contribution in [0.5, 0.6) is 0 Å². The van der Waals surface area contributed by atoms with Gasteiger partial charge in [0.1, 0.15) is 12.6 Å². The first-order chi connectivity index (χ1) is 9.13. The maximum atomic E-state index is 11.4. The van der Waals surface area contributed by atoms with Crippen molar-refractivity contribution in [3.05, 3.63) is 35.9 Å². The molecule has 0 aliphatic carbocycles. The first-order valence-electron chi connectivity index (χ1n) is 5.98. The van der Waals surface area contributed by atoms with E-state index in [1.54, 1.807) is 7.05 Å². The van der Waals surface area contributed by atoms with E-state index in [1.807, 2.05) is 30.3 Å². The molecule has 0 saturated heterocycles. The van der Waals surface area contributed by atoms with Crippen molar-refractivity contribution in [3.63, 3.8) is 0 Å². The second kappa shape index (κ2) is 8.10. The first-order valence-corrected chi connectivity index (χ1v) is 5.98. The third-order valence-electron chi connectivity index (χ3n) is 2.56. The fourth-order valence-electron chi connectivity index (χ4n) is 1.48. The average molecular weight is 266 g/mol. The quantitative estimate of drug-likeness (QED) is 0.684. The van der Waals surface area contributed by atoms with Gasteiger partial charge in [-0.1, -0.05) is 30.3 Å². The van der Waals surface area contributed by atoms with Crippen LogP contribution in [-0.2, 0) is 16.1 Å². The largest absolute Gasteiger partial charge is 0.480 e. The molecule has 0 saturated carbocycles. The van der Waals surface area contributed by atoms with Crippen molar-refractivity contribution in [2.24, 2.45) is 0 Å². The zero-order chi connectivity index (χ0) is 14.1. The van der Waals surface area contributed by atoms with Crippen molar-refractivity contribution >= 4 is 12.1 Å². The standard InChI is InChI=1S/C13H18N2O4/c1-14-11(12(16)17)7-8-15-13(18)19-9-10-5-3-2-4-6-10/h2-6,11,14H,7-9H2,1H3,(H,15,18)(H,16,17). The van der Waals surface area contributed by atoms with E-state index < -0.39 is 18.1 Å². The van der Waals surface area contributed by atoms with Crippen LogP contribution >= 0.6 is 0 Å². The molecule has 1 aromatic carbocycles. The van der Waals surface area contributed by atoms with Crippen LogP contribution in [0.2, 0.25) is 0 Å². The summed E-state index contributed by atoms with van der Waals surface area (Å²) < 4.78 is 4.99. The maximum absolute atomic E-state index is 11.4. The Kier molecular flexibility index (Phi) is 6.38. The molecule has 0 aliphatic heterocycles. The highest BCUT2D eigenvalue weighted by Crippen LogP contribution is 2.00. The number of ether oxygens (including phenoxy) is 1. The number of likely N-dealkylation sites (N-methyl/N-ethyl adjacent to an activating group) is 1. The molecule has 6 heteroatoms. The maximum Gasteiger partial charge on any atom is 0.407 e. The number of hydrogen-bond donors (Lipinski definition) is 3. The molecule has 3 N–H and O–H groups in total. The summed E-state index contributed by atoms with van der Waals surface area (Å²) in [7, 11) is 1.56. The zero-order valence-corrected chi connectivity index (χ0v) is 10.8. The van der Waals surface area contributed by atoms with Crippen molar-refractivity contribution in [3.8, 4) is 0 Å². The van der Waals surface area contributed by atoms with Crippen molar-refractivity contribution < 1.29 is 19.4 Å². The van der Waals surface area contributed by atoms with E-state index in [2.05, 4.69) is 10.6 Å². The van der Waals surface area contributed by atoms with E-state index in [4.69, 9.17) is 9.84 Å². The van der Waals surface area contributed by atoms with Gasteiger partial charge in [-0.25, -0.2) is 4.79 Å². The topological polar surface area (TPSA) is 87.7 Å². The fourth-order valence-corrected chi connectivity index (χ4v) is 1.48. The number of carbonyl (C=O) groups excluding carboxylic acids is 1. The van der Waals surface area contributed by atoms with Gasteiger partial charge >= 0.3 is 12.1 Å². The third-order valence-corrected chi connectivity index (χ3v) is 2.56. The molecule has 0 radical (unpaired) electrons. The van der Waals surface area contributed by atoms with E-state index in [0.717, 1.165) is 5.56 Å². The van der Waals surface area contributed by atoms with Crippen LogP contribution in [0.3, 0.4) is 0 Å². The number of benzene rings is 1. The van der Waals surface area contributed by atoms with E-state index >= 15 is 0 Å². The summed E-state index contributed by atoms with van der Waals surface area (Å²) in [5.74, 6) is -0.943. The summed E-state index contributed by atoms with van der Waals surface area (Å²) in [5.41, 5.74) is 0.899. The minimum Gasteiger partial charge on any atom is -0.480 e. The highest BCUT2D eigenvalue weighted by molar-refractivity contribution is 5.73. The summed E-state index contributed by atoms with van der Waals surface area (Å²) in [6.07, 6.45) is -0.254. The zero-order valence-electron chi connectivity index (χ0n) is 10.8. The Morgan fingerprint density at radius 3 is 2.58 bits per heavy atom. The van der Waals surface area contributed by atoms with Crippen LogP contribution in [-0.4, -0.2) is 36.8 Å². The lowest BCUT2D eigenvalue weighted by atomic mass is 10.2. The summed E-state index contributed by atoms with van der Waals surface area (Å²) in [6, 6.07) is 8.65. The van der Waals surface area contributed by atoms with Gasteiger partial charge in [-0.3, -0.25) is 4.79 Å². The summed E-state index contributed by atoms with van der Waals surface area (Å²) in [4.78, 5) is 22.1. The van der Waals surface area contributed by atoms with Gasteiger partial charge in [-0.05, 0) is 19.0 Å². The molecule has 1 amide bonds. The van der Waals surface area contributed by atoms with Gasteiger partial charge in [0, 0.05) is 6.54 Å². The molecular formula is C13H18N2O4. The van der Waals surface area contributed by atoms with E-state index in [0.29, 0.717) is 6.42 Å². The first kappa shape index (κ1) is 15.0. The lowest BCUT2D eigenvalue weighted by molar-refractivity contribution is -0.139. The van der Waals surface area contributed by atoms with E-state index in [-0.39, 0.29) is 13.2 Å². The molecule has 0 bridgehead atoms. The number of carboxylic acids is 1. The molecular weight excluding hydrogens is 248 g/mol. The van der Waals surface area contributed by atoms with Gasteiger partial charge in [-0.2, -0.15) is 0 Å². The highest BCUT2D eigenvalue weighted by atomic mass is 16.5. The van der Waals surface area contributed by atoms with Crippen LogP contribution in [0.25, 0.3) is 0 Å². The molecule has 1 unspecified atom stereocenters. The number of rotatable bonds is 7. The van der Waals surface area contributed by atoms with E-state index in [9.17, 15) is 9.59 Å². The Hall–Kier alpha value is -2.08. The second-order valence-corrected chi connectivity index (χ2v) is 3.96. The second-order valence-electron chi connectivity index (χ2n) is 3.96. The molecule has 0 heterocycles. The van der Waals surface area contributed by atoms with Gasteiger partial charge in [0.15, 0.2) is 0 Å². The SMILES string of the molecule is CNC(CCNC(=O)OCc1ccccc1)C(=O)O. The minimum absolute atomic E-state index is 0.195. The van der Waals surface area contributed by atoms with Crippen LogP contribution < -0.4 is 10.6 Å². The number of hydrogen-bond acceptors (Lipinski definition) is 4. The number of amides is 1. The molecule has 1 atom stereocenters. The van der Waals surface area contributed by atoms with Crippen molar-refractivity contribution in [2.75, 3.05) is 13.6 Å². The van der Waals surface area contributed by atoms with Crippen LogP contribution in [0, 0.1) is 0 Å². The Morgan fingerprint density at radius 1 is 1.32 bits per heavy atom. The number of carboxylic acid groups (broad SMARTS) is 1. The summed E-state index contributed by atoms with van der Waals surface area (Å²) in [6.45, 7) is 0.437. The van der Waals surface area contributed by atoms with Gasteiger partial charge in [0.2, 0.25) is 0 Å². The molecule has 19 heavy (non-hydrogen) atoms. The molecule has 0 fully saturated rings. The van der Waals surface area contributed by atoms with Gasteiger partial charge in [0.25, 0.3) is 0 Å². The third kappa shape index (κ3) is 5.87. The number of alkyl carbamates (subject to hydrolysis) is 1. The molecule has 6 nitrogen and oxygen atoms in total. The van der Waals surface area contributed by atoms with Crippen LogP contribution in [0.1, 0.15) is 12.0 Å². The molecule has 1 rings (SSSR count). The summed E-state index contributed by atoms with van der Waals surface area (Å²) in [5, 5.41) is 13.9. The van der Waals surface area contributed by atoms with Gasteiger partial charge < -0.3 is 20.5 Å². The van der Waals surface area contributed by atoms with Crippen LogP contribution in [0.4, 0.5) is 4.79 Å². The monoisotopic (exact) mass is 266 g/mol. The fraction of sp³-hybridized carbons (Fsp3) is 0.385. The number of nitrogens with one attached hydrogen (secondary N) is 2. The van der Waals surface area contributed by atoms with Crippen molar-refractivity contribution in [1.29, 1.82) is 0 Å². The normalized spacial score (nSPS) is 11.6. The Bertz CT molecular complexity index is 408. The minimum atomic E-state index is -0.943. The van der Waals surface area contributed by atoms with Crippen LogP contribution in [0.15, 0.2) is 30.3 Å². The number of aliphatic carboxylic acids is 1. The Balaban J connectivity index is 2.20. The highest BCUT2D eigenvalue weighted by Gasteiger charge is 2.14. The summed E-state index contributed by atoms with van der Waals surface area (Å²) >= 11 is 0. The smallest absolute Gasteiger partial charge is 0.407 e. The lowest BCUT2D eigenvalue weighted by Crippen LogP contribution is -2.37. The van der Waals surface area contributed by atoms with Gasteiger partial charge in [0.05, 0.1) is 0 Å². The molecule has 0 aromatic heterocycles. The van der Waals surface area contributed by atoms with Crippen molar-refractivity contribution in [2.45, 2.75) is 19.1 Å². The van der Waals surface area contributed by atoms with Gasteiger partial charge in [-0.15, -0.1) is 0 Å². The predicted molar refractivity (Wildman–Crippen MR) is 69.7 cm³/mol. The lowest BCUT2D eigenvalue weighted by Gasteiger charge is -2.11. The molecule has 0 aliphatic rings. The average Bonchev–Trinajstić information content (AvgIpc) is 2.42. The molecule has 0 spiro atoms. The molecule has 1 aromatic rings. The number of carbonyl (C=O) groups is 2. The Labute approximate surface area is 111 Å². The Morgan fingerprint density at radius 2 is 2.00 bits per heavy atom. The predicted octanol–water partition coefficient (Wildman–Crippen LogP) is 0.975. The molecule has 104 valence electrons. The van der Waals surface area contributed by atoms with Crippen molar-refractivity contribution in [1.82, 2.24) is 10.6 Å². The van der Waals surface area contributed by atoms with E-state index in [1.165, 1.54) is 0 Å².